The van der Waals surface area contributed by atoms with Gasteiger partial charge in [0, 0.05) is 0 Å². The van der Waals surface area contributed by atoms with Gasteiger partial charge in [-0.3, -0.25) is 0 Å². The fourth-order valence-electron chi connectivity index (χ4n) is 1.03. The molecular formula is C11H14O3. The lowest BCUT2D eigenvalue weighted by Crippen LogP contribution is -2.11. The molecule has 0 aliphatic rings. The molecule has 0 atom stereocenters. The van der Waals surface area contributed by atoms with Gasteiger partial charge in [0.1, 0.15) is 0 Å². The summed E-state index contributed by atoms with van der Waals surface area (Å²) in [6, 6.07) is 6.71. The van der Waals surface area contributed by atoms with E-state index in [1.54, 1.807) is 38.1 Å². The lowest BCUT2D eigenvalue weighted by Gasteiger charge is -2.07. The highest BCUT2D eigenvalue weighted by Crippen LogP contribution is 2.07. The summed E-state index contributed by atoms with van der Waals surface area (Å²) in [5, 5.41) is 8.80. The van der Waals surface area contributed by atoms with Gasteiger partial charge in [-0.1, -0.05) is 12.1 Å². The molecule has 0 aromatic heterocycles. The number of hydrogen-bond acceptors (Lipinski definition) is 3. The van der Waals surface area contributed by atoms with Crippen LogP contribution < -0.4 is 0 Å². The minimum Gasteiger partial charge on any atom is -0.459 e. The van der Waals surface area contributed by atoms with Gasteiger partial charge in [-0.25, -0.2) is 4.79 Å². The number of esters is 1. The first kappa shape index (κ1) is 10.7. The Morgan fingerprint density at radius 2 is 1.93 bits per heavy atom. The van der Waals surface area contributed by atoms with Crippen LogP contribution in [0.3, 0.4) is 0 Å². The summed E-state index contributed by atoms with van der Waals surface area (Å²) >= 11 is 0. The molecule has 1 rings (SSSR count). The van der Waals surface area contributed by atoms with Gasteiger partial charge >= 0.3 is 5.97 Å². The molecular weight excluding hydrogens is 180 g/mol. The Morgan fingerprint density at radius 1 is 1.36 bits per heavy atom. The lowest BCUT2D eigenvalue weighted by atomic mass is 10.1. The molecule has 0 bridgehead atoms. The summed E-state index contributed by atoms with van der Waals surface area (Å²) in [6.07, 6.45) is -0.111. The number of carbonyl (C=O) groups is 1. The zero-order valence-corrected chi connectivity index (χ0v) is 8.36. The van der Waals surface area contributed by atoms with Crippen LogP contribution in [0.4, 0.5) is 0 Å². The van der Waals surface area contributed by atoms with Crippen molar-refractivity contribution in [1.29, 1.82) is 0 Å². The topological polar surface area (TPSA) is 46.5 Å². The van der Waals surface area contributed by atoms with Crippen LogP contribution in [0.25, 0.3) is 0 Å². The van der Waals surface area contributed by atoms with E-state index in [2.05, 4.69) is 0 Å². The summed E-state index contributed by atoms with van der Waals surface area (Å²) in [6.45, 7) is 3.60. The highest BCUT2D eigenvalue weighted by atomic mass is 16.5. The standard InChI is InChI=1S/C11H14O3/c1-8(2)14-11(13)10-5-3-9(7-12)4-6-10/h3-6,8,12H,7H2,1-2H3. The largest absolute Gasteiger partial charge is 0.459 e. The smallest absolute Gasteiger partial charge is 0.338 e. The van der Waals surface area contributed by atoms with Crippen LogP contribution in [-0.2, 0) is 11.3 Å². The molecule has 0 radical (unpaired) electrons. The Hall–Kier alpha value is -1.35. The van der Waals surface area contributed by atoms with Crippen LogP contribution in [0.1, 0.15) is 29.8 Å². The molecule has 1 N–H and O–H groups in total. The molecule has 14 heavy (non-hydrogen) atoms. The SMILES string of the molecule is CC(C)OC(=O)c1ccc(CO)cc1. The van der Waals surface area contributed by atoms with E-state index in [0.29, 0.717) is 5.56 Å². The van der Waals surface area contributed by atoms with E-state index in [1.165, 1.54) is 0 Å². The third-order valence-electron chi connectivity index (χ3n) is 1.71. The van der Waals surface area contributed by atoms with Crippen LogP contribution in [0.5, 0.6) is 0 Å². The fourth-order valence-corrected chi connectivity index (χ4v) is 1.03. The first-order chi connectivity index (χ1) is 6.63. The number of ether oxygens (including phenoxy) is 1. The Balaban J connectivity index is 2.71. The molecule has 0 spiro atoms. The molecule has 0 amide bonds. The summed E-state index contributed by atoms with van der Waals surface area (Å²) in [4.78, 5) is 11.4. The van der Waals surface area contributed by atoms with E-state index >= 15 is 0 Å². The minimum absolute atomic E-state index is 0.0144. The van der Waals surface area contributed by atoms with Crippen LogP contribution in [0.2, 0.25) is 0 Å². The average molecular weight is 194 g/mol. The number of rotatable bonds is 3. The van der Waals surface area contributed by atoms with Crippen molar-refractivity contribution in [3.8, 4) is 0 Å². The predicted octanol–water partition coefficient (Wildman–Crippen LogP) is 1.74. The summed E-state index contributed by atoms with van der Waals surface area (Å²) in [5.41, 5.74) is 1.29. The Morgan fingerprint density at radius 3 is 2.36 bits per heavy atom. The first-order valence-corrected chi connectivity index (χ1v) is 4.54. The van der Waals surface area contributed by atoms with Crippen molar-refractivity contribution in [3.05, 3.63) is 35.4 Å². The maximum atomic E-state index is 11.4. The second-order valence-corrected chi connectivity index (χ2v) is 3.31. The van der Waals surface area contributed by atoms with E-state index in [1.807, 2.05) is 0 Å². The summed E-state index contributed by atoms with van der Waals surface area (Å²) < 4.78 is 5.01. The van der Waals surface area contributed by atoms with Crippen LogP contribution in [0.15, 0.2) is 24.3 Å². The number of aliphatic hydroxyl groups is 1. The lowest BCUT2D eigenvalue weighted by molar-refractivity contribution is 0.0378. The molecule has 76 valence electrons. The number of carbonyl (C=O) groups excluding carboxylic acids is 1. The van der Waals surface area contributed by atoms with Gasteiger partial charge in [-0.2, -0.15) is 0 Å². The zero-order valence-electron chi connectivity index (χ0n) is 8.36. The Labute approximate surface area is 83.3 Å². The minimum atomic E-state index is -0.329. The van der Waals surface area contributed by atoms with Crippen molar-refractivity contribution < 1.29 is 14.6 Å². The summed E-state index contributed by atoms with van der Waals surface area (Å²) in [5.74, 6) is -0.329. The molecule has 0 heterocycles. The van der Waals surface area contributed by atoms with Gasteiger partial charge in [0.25, 0.3) is 0 Å². The molecule has 0 saturated heterocycles. The van der Waals surface area contributed by atoms with Crippen molar-refractivity contribution in [2.24, 2.45) is 0 Å². The second-order valence-electron chi connectivity index (χ2n) is 3.31. The molecule has 0 aliphatic heterocycles. The quantitative estimate of drug-likeness (QED) is 0.745. The molecule has 3 nitrogen and oxygen atoms in total. The first-order valence-electron chi connectivity index (χ1n) is 4.54. The highest BCUT2D eigenvalue weighted by Gasteiger charge is 2.07. The van der Waals surface area contributed by atoms with Crippen LogP contribution >= 0.6 is 0 Å². The third-order valence-corrected chi connectivity index (χ3v) is 1.71. The van der Waals surface area contributed by atoms with Crippen molar-refractivity contribution in [2.75, 3.05) is 0 Å². The van der Waals surface area contributed by atoms with Crippen molar-refractivity contribution >= 4 is 5.97 Å². The number of hydrogen-bond donors (Lipinski definition) is 1. The van der Waals surface area contributed by atoms with Crippen molar-refractivity contribution in [1.82, 2.24) is 0 Å². The monoisotopic (exact) mass is 194 g/mol. The van der Waals surface area contributed by atoms with Gasteiger partial charge in [0.15, 0.2) is 0 Å². The predicted molar refractivity (Wildman–Crippen MR) is 52.9 cm³/mol. The fraction of sp³-hybridized carbons (Fsp3) is 0.364. The second kappa shape index (κ2) is 4.77. The van der Waals surface area contributed by atoms with E-state index in [0.717, 1.165) is 5.56 Å². The van der Waals surface area contributed by atoms with Crippen molar-refractivity contribution in [3.63, 3.8) is 0 Å². The molecule has 0 saturated carbocycles. The third kappa shape index (κ3) is 2.85. The van der Waals surface area contributed by atoms with Gasteiger partial charge < -0.3 is 9.84 Å². The van der Waals surface area contributed by atoms with E-state index in [4.69, 9.17) is 9.84 Å². The van der Waals surface area contributed by atoms with Crippen LogP contribution in [-0.4, -0.2) is 17.2 Å². The zero-order chi connectivity index (χ0) is 10.6. The number of benzene rings is 1. The number of aliphatic hydroxyl groups excluding tert-OH is 1. The average Bonchev–Trinajstić information content (AvgIpc) is 2.17. The Kier molecular flexibility index (Phi) is 3.65. The van der Waals surface area contributed by atoms with Gasteiger partial charge in [0.2, 0.25) is 0 Å². The van der Waals surface area contributed by atoms with E-state index < -0.39 is 0 Å². The summed E-state index contributed by atoms with van der Waals surface area (Å²) in [7, 11) is 0. The molecule has 1 aromatic carbocycles. The van der Waals surface area contributed by atoms with E-state index in [-0.39, 0.29) is 18.7 Å². The van der Waals surface area contributed by atoms with E-state index in [9.17, 15) is 4.79 Å². The van der Waals surface area contributed by atoms with Crippen molar-refractivity contribution in [2.45, 2.75) is 26.6 Å². The highest BCUT2D eigenvalue weighted by molar-refractivity contribution is 5.89. The van der Waals surface area contributed by atoms with Crippen LogP contribution in [0, 0.1) is 0 Å². The van der Waals surface area contributed by atoms with Gasteiger partial charge in [0.05, 0.1) is 18.3 Å². The maximum Gasteiger partial charge on any atom is 0.338 e. The molecule has 0 aliphatic carbocycles. The maximum absolute atomic E-state index is 11.4. The molecule has 0 unspecified atom stereocenters. The van der Waals surface area contributed by atoms with Gasteiger partial charge in [-0.15, -0.1) is 0 Å². The molecule has 1 aromatic rings. The molecule has 3 heteroatoms. The Bertz CT molecular complexity index is 301. The molecule has 0 fully saturated rings. The normalized spacial score (nSPS) is 10.3. The van der Waals surface area contributed by atoms with Gasteiger partial charge in [-0.05, 0) is 31.5 Å².